The highest BCUT2D eigenvalue weighted by Crippen LogP contribution is 2.37. The topological polar surface area (TPSA) is 12.0 Å². The first-order valence-electron chi connectivity index (χ1n) is 5.64. The Hall–Kier alpha value is -0.470. The standard InChI is InChI=1S/C13H19NS/c1-9(14-3)6-11-4-5-12-7-10(2)15-13(12)8-11/h4-5,8-10,14H,6-7H2,1-3H3. The van der Waals surface area contributed by atoms with E-state index in [1.165, 1.54) is 22.4 Å². The van der Waals surface area contributed by atoms with Crippen LogP contribution in [0, 0.1) is 0 Å². The van der Waals surface area contributed by atoms with Gasteiger partial charge in [-0.2, -0.15) is 0 Å². The molecular formula is C13H19NS. The van der Waals surface area contributed by atoms with E-state index in [0.717, 1.165) is 11.7 Å². The van der Waals surface area contributed by atoms with Crippen LogP contribution in [0.2, 0.25) is 0 Å². The van der Waals surface area contributed by atoms with Crippen molar-refractivity contribution in [2.45, 2.75) is 42.9 Å². The minimum Gasteiger partial charge on any atom is -0.317 e. The summed E-state index contributed by atoms with van der Waals surface area (Å²) in [7, 11) is 2.02. The highest BCUT2D eigenvalue weighted by Gasteiger charge is 2.18. The highest BCUT2D eigenvalue weighted by molar-refractivity contribution is 8.00. The van der Waals surface area contributed by atoms with Crippen LogP contribution in [-0.2, 0) is 12.8 Å². The Labute approximate surface area is 96.7 Å². The summed E-state index contributed by atoms with van der Waals surface area (Å²) >= 11 is 2.02. The van der Waals surface area contributed by atoms with E-state index in [1.54, 1.807) is 0 Å². The summed E-state index contributed by atoms with van der Waals surface area (Å²) in [5.74, 6) is 0. The van der Waals surface area contributed by atoms with Gasteiger partial charge in [-0.05, 0) is 44.0 Å². The third kappa shape index (κ3) is 2.56. The van der Waals surface area contributed by atoms with Crippen molar-refractivity contribution in [3.8, 4) is 0 Å². The lowest BCUT2D eigenvalue weighted by atomic mass is 10.0. The van der Waals surface area contributed by atoms with E-state index < -0.39 is 0 Å². The number of nitrogens with one attached hydrogen (secondary N) is 1. The minimum absolute atomic E-state index is 0.562. The molecule has 1 nitrogen and oxygen atoms in total. The number of thioether (sulfide) groups is 1. The third-order valence-electron chi connectivity index (χ3n) is 3.00. The predicted octanol–water partition coefficient (Wildman–Crippen LogP) is 2.87. The summed E-state index contributed by atoms with van der Waals surface area (Å²) in [6, 6.07) is 7.53. The summed E-state index contributed by atoms with van der Waals surface area (Å²) in [6.45, 7) is 4.53. The van der Waals surface area contributed by atoms with Gasteiger partial charge in [0.2, 0.25) is 0 Å². The maximum Gasteiger partial charge on any atom is 0.0110 e. The Kier molecular flexibility index (Phi) is 3.37. The van der Waals surface area contributed by atoms with E-state index in [-0.39, 0.29) is 0 Å². The average molecular weight is 221 g/mol. The fourth-order valence-electron chi connectivity index (χ4n) is 2.03. The maximum atomic E-state index is 3.28. The second-order valence-corrected chi connectivity index (χ2v) is 5.95. The third-order valence-corrected chi connectivity index (χ3v) is 4.20. The van der Waals surface area contributed by atoms with Gasteiger partial charge in [0, 0.05) is 16.2 Å². The zero-order valence-corrected chi connectivity index (χ0v) is 10.5. The van der Waals surface area contributed by atoms with Crippen LogP contribution >= 0.6 is 11.8 Å². The Morgan fingerprint density at radius 2 is 2.33 bits per heavy atom. The van der Waals surface area contributed by atoms with E-state index in [9.17, 15) is 0 Å². The molecule has 1 aromatic rings. The molecule has 15 heavy (non-hydrogen) atoms. The Morgan fingerprint density at radius 1 is 1.53 bits per heavy atom. The van der Waals surface area contributed by atoms with Crippen molar-refractivity contribution < 1.29 is 0 Å². The summed E-state index contributed by atoms with van der Waals surface area (Å²) < 4.78 is 0. The molecule has 0 aromatic heterocycles. The van der Waals surface area contributed by atoms with Crippen molar-refractivity contribution in [1.29, 1.82) is 0 Å². The molecule has 0 saturated carbocycles. The number of hydrogen-bond donors (Lipinski definition) is 1. The van der Waals surface area contributed by atoms with Gasteiger partial charge in [-0.25, -0.2) is 0 Å². The number of benzene rings is 1. The number of fused-ring (bicyclic) bond motifs is 1. The molecule has 0 fully saturated rings. The van der Waals surface area contributed by atoms with Crippen molar-refractivity contribution in [1.82, 2.24) is 5.32 Å². The Bertz CT molecular complexity index is 348. The van der Waals surface area contributed by atoms with Crippen molar-refractivity contribution in [2.75, 3.05) is 7.05 Å². The molecule has 1 N–H and O–H groups in total. The number of likely N-dealkylation sites (N-methyl/N-ethyl adjacent to an activating group) is 1. The van der Waals surface area contributed by atoms with Crippen LogP contribution < -0.4 is 5.32 Å². The first-order chi connectivity index (χ1) is 7.19. The van der Waals surface area contributed by atoms with Crippen molar-refractivity contribution in [3.63, 3.8) is 0 Å². The molecule has 0 spiro atoms. The first-order valence-corrected chi connectivity index (χ1v) is 6.52. The summed E-state index contributed by atoms with van der Waals surface area (Å²) in [5, 5.41) is 4.04. The monoisotopic (exact) mass is 221 g/mol. The van der Waals surface area contributed by atoms with Crippen LogP contribution in [0.15, 0.2) is 23.1 Å². The molecule has 1 aliphatic rings. The van der Waals surface area contributed by atoms with Crippen molar-refractivity contribution in [3.05, 3.63) is 29.3 Å². The van der Waals surface area contributed by atoms with Gasteiger partial charge in [0.15, 0.2) is 0 Å². The molecule has 1 heterocycles. The molecule has 1 aliphatic heterocycles. The second-order valence-electron chi connectivity index (χ2n) is 4.47. The molecule has 82 valence electrons. The average Bonchev–Trinajstić information content (AvgIpc) is 2.57. The lowest BCUT2D eigenvalue weighted by Gasteiger charge is -2.10. The molecule has 1 aromatic carbocycles. The number of hydrogen-bond acceptors (Lipinski definition) is 2. The maximum absolute atomic E-state index is 3.28. The quantitative estimate of drug-likeness (QED) is 0.842. The molecule has 2 rings (SSSR count). The molecule has 0 aliphatic carbocycles. The second kappa shape index (κ2) is 4.58. The SMILES string of the molecule is CNC(C)Cc1ccc2c(c1)SC(C)C2. The number of rotatable bonds is 3. The molecule has 0 bridgehead atoms. The van der Waals surface area contributed by atoms with Gasteiger partial charge in [-0.15, -0.1) is 11.8 Å². The van der Waals surface area contributed by atoms with E-state index in [2.05, 4.69) is 37.4 Å². The summed E-state index contributed by atoms with van der Waals surface area (Å²) in [5.41, 5.74) is 2.99. The van der Waals surface area contributed by atoms with Gasteiger partial charge in [0.1, 0.15) is 0 Å². The molecule has 2 atom stereocenters. The van der Waals surface area contributed by atoms with Gasteiger partial charge in [0.05, 0.1) is 0 Å². The smallest absolute Gasteiger partial charge is 0.0110 e. The van der Waals surface area contributed by atoms with Gasteiger partial charge in [0.25, 0.3) is 0 Å². The van der Waals surface area contributed by atoms with Gasteiger partial charge >= 0.3 is 0 Å². The predicted molar refractivity (Wildman–Crippen MR) is 67.7 cm³/mol. The zero-order valence-electron chi connectivity index (χ0n) is 9.71. The van der Waals surface area contributed by atoms with Crippen molar-refractivity contribution in [2.24, 2.45) is 0 Å². The van der Waals surface area contributed by atoms with E-state index in [4.69, 9.17) is 0 Å². The Balaban J connectivity index is 2.13. The van der Waals surface area contributed by atoms with E-state index in [0.29, 0.717) is 6.04 Å². The molecule has 2 heteroatoms. The zero-order chi connectivity index (χ0) is 10.8. The minimum atomic E-state index is 0.562. The molecular weight excluding hydrogens is 202 g/mol. The van der Waals surface area contributed by atoms with Crippen LogP contribution in [0.1, 0.15) is 25.0 Å². The summed E-state index contributed by atoms with van der Waals surface area (Å²) in [6.07, 6.45) is 2.36. The van der Waals surface area contributed by atoms with E-state index >= 15 is 0 Å². The lowest BCUT2D eigenvalue weighted by molar-refractivity contribution is 0.608. The largest absolute Gasteiger partial charge is 0.317 e. The van der Waals surface area contributed by atoms with Crippen molar-refractivity contribution >= 4 is 11.8 Å². The van der Waals surface area contributed by atoms with Crippen LogP contribution in [0.3, 0.4) is 0 Å². The molecule has 2 unspecified atom stereocenters. The fourth-order valence-corrected chi connectivity index (χ4v) is 3.25. The summed E-state index contributed by atoms with van der Waals surface area (Å²) in [4.78, 5) is 1.50. The van der Waals surface area contributed by atoms with Gasteiger partial charge < -0.3 is 5.32 Å². The van der Waals surface area contributed by atoms with Crippen LogP contribution in [0.5, 0.6) is 0 Å². The van der Waals surface area contributed by atoms with Gasteiger partial charge in [-0.3, -0.25) is 0 Å². The van der Waals surface area contributed by atoms with Crippen LogP contribution in [-0.4, -0.2) is 18.3 Å². The lowest BCUT2D eigenvalue weighted by Crippen LogP contribution is -2.23. The molecule has 0 amide bonds. The van der Waals surface area contributed by atoms with E-state index in [1.807, 2.05) is 18.8 Å². The molecule has 0 saturated heterocycles. The molecule has 0 radical (unpaired) electrons. The normalized spacial score (nSPS) is 21.4. The van der Waals surface area contributed by atoms with Gasteiger partial charge in [-0.1, -0.05) is 19.1 Å². The van der Waals surface area contributed by atoms with Crippen LogP contribution in [0.25, 0.3) is 0 Å². The Morgan fingerprint density at radius 3 is 3.07 bits per heavy atom. The van der Waals surface area contributed by atoms with Crippen LogP contribution in [0.4, 0.5) is 0 Å². The fraction of sp³-hybridized carbons (Fsp3) is 0.538. The first kappa shape index (κ1) is 11.0. The highest BCUT2D eigenvalue weighted by atomic mass is 32.2.